The maximum absolute atomic E-state index is 12.8. The van der Waals surface area contributed by atoms with Crippen LogP contribution in [0.15, 0.2) is 59.5 Å². The molecule has 0 radical (unpaired) electrons. The zero-order valence-electron chi connectivity index (χ0n) is 19.9. The number of unbranched alkanes of at least 4 members (excludes halogenated alkanes) is 1. The van der Waals surface area contributed by atoms with E-state index in [-0.39, 0.29) is 5.91 Å². The Bertz CT molecular complexity index is 970. The number of rotatable bonds is 11. The van der Waals surface area contributed by atoms with Crippen molar-refractivity contribution in [3.63, 3.8) is 0 Å². The largest absolute Gasteiger partial charge is 0.352 e. The highest BCUT2D eigenvalue weighted by molar-refractivity contribution is 7.89. The van der Waals surface area contributed by atoms with Crippen molar-refractivity contribution >= 4 is 15.9 Å². The molecule has 0 saturated carbocycles. The van der Waals surface area contributed by atoms with Crippen molar-refractivity contribution in [1.82, 2.24) is 14.5 Å². The van der Waals surface area contributed by atoms with Crippen LogP contribution < -0.4 is 5.32 Å². The van der Waals surface area contributed by atoms with Crippen LogP contribution in [0.3, 0.4) is 0 Å². The fraction of sp³-hybridized carbons (Fsp3) is 0.500. The van der Waals surface area contributed by atoms with Gasteiger partial charge in [-0.15, -0.1) is 0 Å². The summed E-state index contributed by atoms with van der Waals surface area (Å²) in [6, 6.07) is 16.4. The molecule has 0 aliphatic carbocycles. The van der Waals surface area contributed by atoms with Gasteiger partial charge in [0.15, 0.2) is 0 Å². The molecule has 1 atom stereocenters. The Morgan fingerprint density at radius 2 is 1.64 bits per heavy atom. The topological polar surface area (TPSA) is 69.7 Å². The Hall–Kier alpha value is -2.22. The molecule has 180 valence electrons. The molecule has 1 unspecified atom stereocenters. The zero-order valence-corrected chi connectivity index (χ0v) is 20.7. The van der Waals surface area contributed by atoms with Gasteiger partial charge in [-0.2, -0.15) is 4.31 Å². The van der Waals surface area contributed by atoms with Crippen molar-refractivity contribution in [3.8, 4) is 0 Å². The summed E-state index contributed by atoms with van der Waals surface area (Å²) in [5.41, 5.74) is 1.81. The lowest BCUT2D eigenvalue weighted by molar-refractivity contribution is 0.0945. The third-order valence-corrected chi connectivity index (χ3v) is 8.34. The highest BCUT2D eigenvalue weighted by atomic mass is 32.2. The van der Waals surface area contributed by atoms with E-state index in [0.717, 1.165) is 31.5 Å². The molecular formula is C26H37N3O3S. The molecule has 0 aromatic heterocycles. The highest BCUT2D eigenvalue weighted by Gasteiger charge is 2.28. The Morgan fingerprint density at radius 1 is 0.970 bits per heavy atom. The molecule has 0 spiro atoms. The third-order valence-electron chi connectivity index (χ3n) is 6.43. The van der Waals surface area contributed by atoms with E-state index in [4.69, 9.17) is 0 Å². The number of carbonyl (C=O) groups is 1. The van der Waals surface area contributed by atoms with Gasteiger partial charge in [0.05, 0.1) is 4.90 Å². The van der Waals surface area contributed by atoms with Crippen molar-refractivity contribution in [2.24, 2.45) is 5.92 Å². The second kappa shape index (κ2) is 12.3. The van der Waals surface area contributed by atoms with Gasteiger partial charge in [0.25, 0.3) is 5.91 Å². The van der Waals surface area contributed by atoms with Crippen LogP contribution in [0, 0.1) is 5.92 Å². The SMILES string of the molecule is CCCCC(CC)CNC(=O)c1ccc(CN2CCN(S(=O)(=O)c3ccccc3)CC2)cc1. The van der Waals surface area contributed by atoms with Crippen LogP contribution in [0.2, 0.25) is 0 Å². The number of amides is 1. The van der Waals surface area contributed by atoms with Crippen molar-refractivity contribution in [3.05, 3.63) is 65.7 Å². The second-order valence-electron chi connectivity index (χ2n) is 8.82. The number of nitrogens with zero attached hydrogens (tertiary/aromatic N) is 2. The molecule has 1 saturated heterocycles. The van der Waals surface area contributed by atoms with E-state index in [0.29, 0.717) is 42.6 Å². The predicted molar refractivity (Wildman–Crippen MR) is 133 cm³/mol. The molecule has 0 bridgehead atoms. The molecule has 1 N–H and O–H groups in total. The molecule has 2 aromatic carbocycles. The summed E-state index contributed by atoms with van der Waals surface area (Å²) in [6.07, 6.45) is 4.63. The van der Waals surface area contributed by atoms with Crippen LogP contribution in [-0.2, 0) is 16.6 Å². The molecule has 33 heavy (non-hydrogen) atoms. The summed E-state index contributed by atoms with van der Waals surface area (Å²) in [4.78, 5) is 15.1. The Morgan fingerprint density at radius 3 is 2.24 bits per heavy atom. The summed E-state index contributed by atoms with van der Waals surface area (Å²) in [5.74, 6) is 0.522. The Balaban J connectivity index is 1.47. The van der Waals surface area contributed by atoms with Gasteiger partial charge in [-0.1, -0.05) is 63.4 Å². The monoisotopic (exact) mass is 471 g/mol. The van der Waals surface area contributed by atoms with Gasteiger partial charge in [0.1, 0.15) is 0 Å². The van der Waals surface area contributed by atoms with Gasteiger partial charge in [-0.3, -0.25) is 9.69 Å². The smallest absolute Gasteiger partial charge is 0.251 e. The van der Waals surface area contributed by atoms with Gasteiger partial charge in [0, 0.05) is 44.8 Å². The first-order chi connectivity index (χ1) is 15.9. The minimum absolute atomic E-state index is 0.0174. The summed E-state index contributed by atoms with van der Waals surface area (Å²) >= 11 is 0. The number of piperazine rings is 1. The van der Waals surface area contributed by atoms with Crippen LogP contribution in [0.5, 0.6) is 0 Å². The minimum atomic E-state index is -3.43. The van der Waals surface area contributed by atoms with Gasteiger partial charge in [0.2, 0.25) is 10.0 Å². The number of nitrogens with one attached hydrogen (secondary N) is 1. The van der Waals surface area contributed by atoms with Crippen molar-refractivity contribution in [2.75, 3.05) is 32.7 Å². The van der Waals surface area contributed by atoms with Gasteiger partial charge in [-0.25, -0.2) is 8.42 Å². The second-order valence-corrected chi connectivity index (χ2v) is 10.8. The van der Waals surface area contributed by atoms with Crippen LogP contribution in [0.4, 0.5) is 0 Å². The lowest BCUT2D eigenvalue weighted by Gasteiger charge is -2.34. The van der Waals surface area contributed by atoms with Crippen molar-refractivity contribution in [1.29, 1.82) is 0 Å². The average Bonchev–Trinajstić information content (AvgIpc) is 2.85. The van der Waals surface area contributed by atoms with E-state index in [1.54, 1.807) is 28.6 Å². The van der Waals surface area contributed by atoms with Crippen LogP contribution in [0.25, 0.3) is 0 Å². The molecule has 7 heteroatoms. The van der Waals surface area contributed by atoms with E-state index >= 15 is 0 Å². The molecule has 1 aliphatic heterocycles. The Kier molecular flexibility index (Phi) is 9.47. The van der Waals surface area contributed by atoms with Gasteiger partial charge in [-0.05, 0) is 42.2 Å². The van der Waals surface area contributed by atoms with E-state index in [2.05, 4.69) is 24.1 Å². The molecule has 1 fully saturated rings. The van der Waals surface area contributed by atoms with Crippen LogP contribution in [-0.4, -0.2) is 56.3 Å². The molecule has 2 aromatic rings. The summed E-state index contributed by atoms with van der Waals surface area (Å²) < 4.78 is 27.1. The Labute approximate surface area is 199 Å². The molecule has 1 aliphatic rings. The fourth-order valence-corrected chi connectivity index (χ4v) is 5.61. The molecular weight excluding hydrogens is 434 g/mol. The molecule has 6 nitrogen and oxygen atoms in total. The lowest BCUT2D eigenvalue weighted by atomic mass is 9.99. The quantitative estimate of drug-likeness (QED) is 0.535. The third kappa shape index (κ3) is 7.13. The summed E-state index contributed by atoms with van der Waals surface area (Å²) in [6.45, 7) is 8.18. The lowest BCUT2D eigenvalue weighted by Crippen LogP contribution is -2.48. The van der Waals surface area contributed by atoms with E-state index < -0.39 is 10.0 Å². The predicted octanol–water partition coefficient (Wildman–Crippen LogP) is 4.14. The molecule has 1 amide bonds. The number of benzene rings is 2. The number of hydrogen-bond acceptors (Lipinski definition) is 4. The zero-order chi connectivity index (χ0) is 23.7. The first kappa shape index (κ1) is 25.4. The maximum Gasteiger partial charge on any atom is 0.251 e. The van der Waals surface area contributed by atoms with E-state index in [9.17, 15) is 13.2 Å². The maximum atomic E-state index is 12.8. The molecule has 1 heterocycles. The first-order valence-electron chi connectivity index (χ1n) is 12.1. The van der Waals surface area contributed by atoms with Crippen molar-refractivity contribution < 1.29 is 13.2 Å². The summed E-state index contributed by atoms with van der Waals surface area (Å²) in [7, 11) is -3.43. The minimum Gasteiger partial charge on any atom is -0.352 e. The number of sulfonamides is 1. The number of carbonyl (C=O) groups excluding carboxylic acids is 1. The fourth-order valence-electron chi connectivity index (χ4n) is 4.17. The van der Waals surface area contributed by atoms with E-state index in [1.165, 1.54) is 12.8 Å². The van der Waals surface area contributed by atoms with Crippen LogP contribution in [0.1, 0.15) is 55.5 Å². The van der Waals surface area contributed by atoms with Crippen LogP contribution >= 0.6 is 0 Å². The highest BCUT2D eigenvalue weighted by Crippen LogP contribution is 2.18. The normalized spacial score (nSPS) is 16.4. The van der Waals surface area contributed by atoms with Gasteiger partial charge < -0.3 is 5.32 Å². The summed E-state index contributed by atoms with van der Waals surface area (Å²) in [5, 5.41) is 3.08. The number of hydrogen-bond donors (Lipinski definition) is 1. The average molecular weight is 472 g/mol. The molecule has 3 rings (SSSR count). The first-order valence-corrected chi connectivity index (χ1v) is 13.5. The van der Waals surface area contributed by atoms with Gasteiger partial charge >= 0.3 is 0 Å². The van der Waals surface area contributed by atoms with Crippen molar-refractivity contribution in [2.45, 2.75) is 51.0 Å². The van der Waals surface area contributed by atoms with E-state index in [1.807, 2.05) is 30.3 Å². The standard InChI is InChI=1S/C26H37N3O3S/c1-3-5-9-22(4-2)20-27-26(30)24-14-12-23(13-15-24)21-28-16-18-29(19-17-28)33(31,32)25-10-7-6-8-11-25/h6-8,10-15,22H,3-5,9,16-21H2,1-2H3,(H,27,30).